The molecule has 0 radical (unpaired) electrons. The fraction of sp³-hybridized carbons (Fsp3) is 0.455. The normalized spacial score (nSPS) is 39.3. The maximum Gasteiger partial charge on any atom is 0.143 e. The zero-order chi connectivity index (χ0) is 12.0. The molecule has 0 spiro atoms. The molecule has 3 aliphatic rings. The lowest BCUT2D eigenvalue weighted by atomic mass is 10.0. The summed E-state index contributed by atoms with van der Waals surface area (Å²) in [6, 6.07) is -1.27. The number of nitrogens with zero attached hydrogens (tertiary/aromatic N) is 3. The van der Waals surface area contributed by atoms with Crippen molar-refractivity contribution in [2.75, 3.05) is 0 Å². The summed E-state index contributed by atoms with van der Waals surface area (Å²) in [5, 5.41) is 9.82. The van der Waals surface area contributed by atoms with Crippen LogP contribution in [0, 0.1) is 0 Å². The summed E-state index contributed by atoms with van der Waals surface area (Å²) in [6.45, 7) is 0. The van der Waals surface area contributed by atoms with Crippen LogP contribution in [0.15, 0.2) is 34.2 Å². The Morgan fingerprint density at radius 2 is 2.35 bits per heavy atom. The second-order valence-corrected chi connectivity index (χ2v) is 4.39. The summed E-state index contributed by atoms with van der Waals surface area (Å²) in [7, 11) is 0. The van der Waals surface area contributed by atoms with Crippen molar-refractivity contribution < 1.29 is 9.50 Å². The molecule has 0 amide bonds. The summed E-state index contributed by atoms with van der Waals surface area (Å²) in [6.07, 6.45) is 6.50. The first kappa shape index (κ1) is 10.5. The number of rotatable bonds is 1. The number of nitrogens with two attached hydrogens (primary N) is 1. The van der Waals surface area contributed by atoms with Gasteiger partial charge in [0.1, 0.15) is 23.7 Å². The van der Waals surface area contributed by atoms with Crippen LogP contribution < -0.4 is 5.73 Å². The van der Waals surface area contributed by atoms with Crippen molar-refractivity contribution in [3.63, 3.8) is 0 Å². The molecule has 0 saturated carbocycles. The molecular formula is C11H13FN4O. The highest BCUT2D eigenvalue weighted by atomic mass is 19.1. The van der Waals surface area contributed by atoms with Crippen molar-refractivity contribution in [2.24, 2.45) is 15.7 Å². The van der Waals surface area contributed by atoms with E-state index in [-0.39, 0.29) is 11.9 Å². The lowest BCUT2D eigenvalue weighted by Gasteiger charge is -2.33. The van der Waals surface area contributed by atoms with Gasteiger partial charge in [-0.1, -0.05) is 12.2 Å². The Morgan fingerprint density at radius 1 is 1.53 bits per heavy atom. The topological polar surface area (TPSA) is 74.2 Å². The summed E-state index contributed by atoms with van der Waals surface area (Å²) < 4.78 is 13.8. The van der Waals surface area contributed by atoms with Crippen molar-refractivity contribution in [3.05, 3.63) is 24.2 Å². The largest absolute Gasteiger partial charge is 0.390 e. The van der Waals surface area contributed by atoms with Crippen molar-refractivity contribution in [3.8, 4) is 0 Å². The molecule has 1 aliphatic carbocycles. The highest BCUT2D eigenvalue weighted by molar-refractivity contribution is 5.91. The van der Waals surface area contributed by atoms with Gasteiger partial charge in [-0.3, -0.25) is 4.99 Å². The predicted molar refractivity (Wildman–Crippen MR) is 62.3 cm³/mol. The number of amidine groups is 1. The summed E-state index contributed by atoms with van der Waals surface area (Å²) in [5.74, 6) is -0.0548. The minimum atomic E-state index is -0.560. The zero-order valence-electron chi connectivity index (χ0n) is 9.07. The van der Waals surface area contributed by atoms with Gasteiger partial charge in [-0.15, -0.1) is 0 Å². The van der Waals surface area contributed by atoms with Crippen LogP contribution in [0.25, 0.3) is 0 Å². The fourth-order valence-corrected chi connectivity index (χ4v) is 2.47. The molecule has 0 aromatic heterocycles. The first-order valence-electron chi connectivity index (χ1n) is 5.52. The van der Waals surface area contributed by atoms with Gasteiger partial charge in [0.15, 0.2) is 0 Å². The Labute approximate surface area is 97.8 Å². The molecule has 2 heterocycles. The van der Waals surface area contributed by atoms with E-state index in [1.807, 2.05) is 12.2 Å². The Morgan fingerprint density at radius 3 is 3.06 bits per heavy atom. The van der Waals surface area contributed by atoms with Gasteiger partial charge >= 0.3 is 0 Å². The van der Waals surface area contributed by atoms with Crippen LogP contribution in [-0.4, -0.2) is 46.4 Å². The molecule has 90 valence electrons. The van der Waals surface area contributed by atoms with E-state index >= 15 is 0 Å². The number of fused-ring (bicyclic) bond motifs is 1. The maximum atomic E-state index is 13.8. The Hall–Kier alpha value is -1.69. The highest BCUT2D eigenvalue weighted by Crippen LogP contribution is 2.30. The van der Waals surface area contributed by atoms with Crippen LogP contribution >= 0.6 is 0 Å². The number of halogens is 1. The monoisotopic (exact) mass is 236 g/mol. The van der Waals surface area contributed by atoms with Gasteiger partial charge in [-0.25, -0.2) is 9.38 Å². The number of aliphatic imine (C=N–C) groups is 2. The molecule has 3 rings (SSSR count). The molecule has 0 fully saturated rings. The predicted octanol–water partition coefficient (Wildman–Crippen LogP) is -0.0614. The van der Waals surface area contributed by atoms with Gasteiger partial charge in [0.2, 0.25) is 0 Å². The fourth-order valence-electron chi connectivity index (χ4n) is 2.47. The molecule has 4 atom stereocenters. The molecule has 0 aromatic rings. The number of hydrogen-bond donors (Lipinski definition) is 2. The molecule has 3 N–H and O–H groups in total. The van der Waals surface area contributed by atoms with Crippen LogP contribution in [-0.2, 0) is 0 Å². The number of aliphatic hydroxyl groups is 1. The van der Waals surface area contributed by atoms with Gasteiger partial charge in [-0.05, 0) is 6.42 Å². The summed E-state index contributed by atoms with van der Waals surface area (Å²) in [5.41, 5.74) is 5.70. The molecule has 0 bridgehead atoms. The van der Waals surface area contributed by atoms with Crippen molar-refractivity contribution in [1.29, 1.82) is 0 Å². The molecular weight excluding hydrogens is 223 g/mol. The van der Waals surface area contributed by atoms with E-state index in [0.717, 1.165) is 6.20 Å². The maximum absolute atomic E-state index is 13.8. The van der Waals surface area contributed by atoms with E-state index < -0.39 is 18.2 Å². The molecule has 5 nitrogen and oxygen atoms in total. The van der Waals surface area contributed by atoms with E-state index in [9.17, 15) is 9.50 Å². The molecule has 17 heavy (non-hydrogen) atoms. The van der Waals surface area contributed by atoms with Gasteiger partial charge in [0.05, 0.1) is 24.7 Å². The van der Waals surface area contributed by atoms with Crippen molar-refractivity contribution >= 4 is 12.2 Å². The van der Waals surface area contributed by atoms with Crippen molar-refractivity contribution in [2.45, 2.75) is 30.7 Å². The minimum Gasteiger partial charge on any atom is -0.390 e. The van der Waals surface area contributed by atoms with Crippen LogP contribution in [0.1, 0.15) is 6.42 Å². The third-order valence-corrected chi connectivity index (χ3v) is 3.35. The number of hydrogen-bond acceptors (Lipinski definition) is 5. The van der Waals surface area contributed by atoms with Gasteiger partial charge < -0.3 is 15.7 Å². The summed E-state index contributed by atoms with van der Waals surface area (Å²) in [4.78, 5) is 9.65. The standard InChI is InChI=1S/C11H13FN4O/c12-6-4-14-11(13)9-10(6)16(5-15-9)7-2-1-3-8(7)17/h1-2,4-5,7-10,17H,3H2,(H2,13,14)/t7-,8-,9?,10?/m1/s1. The van der Waals surface area contributed by atoms with E-state index in [0.29, 0.717) is 12.3 Å². The first-order valence-corrected chi connectivity index (χ1v) is 5.52. The quantitative estimate of drug-likeness (QED) is 0.626. The lowest BCUT2D eigenvalue weighted by Crippen LogP contribution is -2.50. The smallest absolute Gasteiger partial charge is 0.143 e. The third kappa shape index (κ3) is 1.48. The SMILES string of the molecule is NC1=NC=C(F)C2C1N=CN2[C@@H]1C=CC[C@H]1O. The van der Waals surface area contributed by atoms with Crippen LogP contribution in [0.5, 0.6) is 0 Å². The summed E-state index contributed by atoms with van der Waals surface area (Å²) >= 11 is 0. The second kappa shape index (κ2) is 3.66. The van der Waals surface area contributed by atoms with Gasteiger partial charge in [-0.2, -0.15) is 0 Å². The van der Waals surface area contributed by atoms with E-state index in [2.05, 4.69) is 9.98 Å². The molecule has 6 heteroatoms. The van der Waals surface area contributed by atoms with E-state index in [1.54, 1.807) is 11.2 Å². The Bertz CT molecular complexity index is 456. The van der Waals surface area contributed by atoms with Crippen molar-refractivity contribution in [1.82, 2.24) is 4.90 Å². The van der Waals surface area contributed by atoms with E-state index in [4.69, 9.17) is 5.73 Å². The Kier molecular flexibility index (Phi) is 2.25. The average Bonchev–Trinajstić information content (AvgIpc) is 2.89. The number of aliphatic hydroxyl groups excluding tert-OH is 1. The van der Waals surface area contributed by atoms with Crippen LogP contribution in [0.3, 0.4) is 0 Å². The molecule has 0 aromatic carbocycles. The zero-order valence-corrected chi connectivity index (χ0v) is 9.07. The molecule has 0 saturated heterocycles. The Balaban J connectivity index is 1.90. The van der Waals surface area contributed by atoms with Crippen LogP contribution in [0.2, 0.25) is 0 Å². The third-order valence-electron chi connectivity index (χ3n) is 3.35. The lowest BCUT2D eigenvalue weighted by molar-refractivity contribution is 0.109. The van der Waals surface area contributed by atoms with Crippen LogP contribution in [0.4, 0.5) is 4.39 Å². The highest BCUT2D eigenvalue weighted by Gasteiger charge is 2.43. The minimum absolute atomic E-state index is 0.237. The van der Waals surface area contributed by atoms with E-state index in [1.165, 1.54) is 0 Å². The average molecular weight is 236 g/mol. The van der Waals surface area contributed by atoms with Gasteiger partial charge in [0.25, 0.3) is 0 Å². The first-order chi connectivity index (χ1) is 8.18. The second-order valence-electron chi connectivity index (χ2n) is 4.39. The molecule has 2 unspecified atom stereocenters. The van der Waals surface area contributed by atoms with Gasteiger partial charge in [0, 0.05) is 0 Å². The molecule has 2 aliphatic heterocycles.